The molecule has 0 spiro atoms. The molecule has 0 bridgehead atoms. The second-order valence-corrected chi connectivity index (χ2v) is 5.63. The van der Waals surface area contributed by atoms with Crippen molar-refractivity contribution in [1.82, 2.24) is 5.32 Å². The second-order valence-electron chi connectivity index (χ2n) is 5.63. The lowest BCUT2D eigenvalue weighted by molar-refractivity contribution is 0.0884. The molecule has 2 nitrogen and oxygen atoms in total. The predicted octanol–water partition coefficient (Wildman–Crippen LogP) is 4.51. The third-order valence-electron chi connectivity index (χ3n) is 3.76. The third kappa shape index (κ3) is 6.88. The van der Waals surface area contributed by atoms with Crippen LogP contribution in [0.1, 0.15) is 25.3 Å². The Hall–Kier alpha value is -1.64. The van der Waals surface area contributed by atoms with Gasteiger partial charge in [-0.25, -0.2) is 0 Å². The summed E-state index contributed by atoms with van der Waals surface area (Å²) in [5, 5.41) is 3.35. The van der Waals surface area contributed by atoms with Crippen LogP contribution in [-0.2, 0) is 11.3 Å². The van der Waals surface area contributed by atoms with E-state index in [1.165, 1.54) is 11.1 Å². The fourth-order valence-electron chi connectivity index (χ4n) is 2.43. The fraction of sp³-hybridized carbons (Fsp3) is 0.400. The molecule has 22 heavy (non-hydrogen) atoms. The smallest absolute Gasteiger partial charge is 0.0717 e. The molecule has 0 radical (unpaired) electrons. The van der Waals surface area contributed by atoms with Crippen molar-refractivity contribution in [1.29, 1.82) is 0 Å². The largest absolute Gasteiger partial charge is 0.376 e. The van der Waals surface area contributed by atoms with Crippen molar-refractivity contribution in [3.63, 3.8) is 0 Å². The molecular formula is C20H29NO. The van der Waals surface area contributed by atoms with E-state index in [9.17, 15) is 0 Å². The Balaban J connectivity index is 2.32. The first-order valence-corrected chi connectivity index (χ1v) is 7.95. The summed E-state index contributed by atoms with van der Waals surface area (Å²) in [4.78, 5) is 0. The molecule has 0 aliphatic carbocycles. The second kappa shape index (κ2) is 11.0. The summed E-state index contributed by atoms with van der Waals surface area (Å²) in [5.41, 5.74) is 2.42. The molecule has 2 atom stereocenters. The van der Waals surface area contributed by atoms with Crippen LogP contribution in [0.25, 0.3) is 0 Å². The van der Waals surface area contributed by atoms with Gasteiger partial charge in [0.25, 0.3) is 0 Å². The van der Waals surface area contributed by atoms with Crippen LogP contribution in [0.5, 0.6) is 0 Å². The molecule has 0 aliphatic rings. The lowest BCUT2D eigenvalue weighted by atomic mass is 9.97. The van der Waals surface area contributed by atoms with Gasteiger partial charge in [-0.1, -0.05) is 68.6 Å². The number of hydrogen-bond acceptors (Lipinski definition) is 2. The molecule has 0 saturated heterocycles. The zero-order valence-electron chi connectivity index (χ0n) is 13.9. The highest BCUT2D eigenvalue weighted by molar-refractivity contribution is 5.26. The Morgan fingerprint density at radius 3 is 2.55 bits per heavy atom. The Morgan fingerprint density at radius 2 is 1.95 bits per heavy atom. The molecule has 120 valence electrons. The molecule has 2 unspecified atom stereocenters. The first-order valence-electron chi connectivity index (χ1n) is 7.95. The minimum Gasteiger partial charge on any atom is -0.376 e. The van der Waals surface area contributed by atoms with Crippen molar-refractivity contribution < 1.29 is 4.74 Å². The van der Waals surface area contributed by atoms with E-state index in [-0.39, 0.29) is 0 Å². The number of nitrogens with one attached hydrogen (secondary N) is 1. The number of likely N-dealkylation sites (N-methyl/N-ethyl adjacent to an activating group) is 1. The van der Waals surface area contributed by atoms with Crippen molar-refractivity contribution >= 4 is 0 Å². The van der Waals surface area contributed by atoms with Gasteiger partial charge in [-0.2, -0.15) is 0 Å². The molecule has 0 aromatic heterocycles. The summed E-state index contributed by atoms with van der Waals surface area (Å²) >= 11 is 0. The standard InChI is InChI=1S/C20H29NO/c1-5-10-19(6-2)20(21-4)14-13-17(3)15-22-16-18-11-8-7-9-12-18/h5-12,17,20-21H,1-2,13-16H2,3-4H3/b19-10+. The SMILES string of the molecule is C=C/C=C(\C=C)C(CCC(C)COCc1ccccc1)NC. The number of hydrogen-bond donors (Lipinski definition) is 1. The van der Waals surface area contributed by atoms with Gasteiger partial charge in [0.05, 0.1) is 6.61 Å². The molecule has 0 heterocycles. The van der Waals surface area contributed by atoms with E-state index in [0.29, 0.717) is 18.6 Å². The fourth-order valence-corrected chi connectivity index (χ4v) is 2.43. The minimum atomic E-state index is 0.326. The maximum atomic E-state index is 5.81. The molecule has 0 amide bonds. The summed E-state index contributed by atoms with van der Waals surface area (Å²) in [5.74, 6) is 0.536. The van der Waals surface area contributed by atoms with Gasteiger partial charge >= 0.3 is 0 Å². The Kier molecular flexibility index (Phi) is 9.20. The average Bonchev–Trinajstić information content (AvgIpc) is 2.55. The molecule has 0 aliphatic heterocycles. The summed E-state index contributed by atoms with van der Waals surface area (Å²) in [6.45, 7) is 11.4. The Morgan fingerprint density at radius 1 is 1.23 bits per heavy atom. The lowest BCUT2D eigenvalue weighted by Gasteiger charge is -2.20. The summed E-state index contributed by atoms with van der Waals surface area (Å²) in [6.07, 6.45) is 7.92. The molecule has 1 rings (SSSR count). The van der Waals surface area contributed by atoms with Crippen LogP contribution >= 0.6 is 0 Å². The van der Waals surface area contributed by atoms with Crippen LogP contribution in [0.15, 0.2) is 67.3 Å². The van der Waals surface area contributed by atoms with Gasteiger partial charge in [0.15, 0.2) is 0 Å². The predicted molar refractivity (Wildman–Crippen MR) is 95.8 cm³/mol. The van der Waals surface area contributed by atoms with E-state index in [4.69, 9.17) is 4.74 Å². The monoisotopic (exact) mass is 299 g/mol. The van der Waals surface area contributed by atoms with Crippen LogP contribution < -0.4 is 5.32 Å². The van der Waals surface area contributed by atoms with E-state index in [2.05, 4.69) is 37.5 Å². The first-order chi connectivity index (χ1) is 10.7. The van der Waals surface area contributed by atoms with Crippen molar-refractivity contribution in [3.8, 4) is 0 Å². The van der Waals surface area contributed by atoms with E-state index in [1.807, 2.05) is 43.5 Å². The quantitative estimate of drug-likeness (QED) is 0.607. The summed E-state index contributed by atoms with van der Waals surface area (Å²) in [7, 11) is 1.99. The van der Waals surface area contributed by atoms with Crippen molar-refractivity contribution in [2.24, 2.45) is 5.92 Å². The first kappa shape index (κ1) is 18.4. The van der Waals surface area contributed by atoms with Gasteiger partial charge in [0.2, 0.25) is 0 Å². The lowest BCUT2D eigenvalue weighted by Crippen LogP contribution is -2.27. The zero-order chi connectivity index (χ0) is 16.2. The summed E-state index contributed by atoms with van der Waals surface area (Å²) in [6, 6.07) is 10.6. The normalized spacial score (nSPS) is 14.4. The van der Waals surface area contributed by atoms with E-state index in [1.54, 1.807) is 0 Å². The van der Waals surface area contributed by atoms with Gasteiger partial charge in [0.1, 0.15) is 0 Å². The zero-order valence-corrected chi connectivity index (χ0v) is 13.9. The molecule has 2 heteroatoms. The molecule has 1 aromatic carbocycles. The van der Waals surface area contributed by atoms with Crippen molar-refractivity contribution in [3.05, 3.63) is 72.9 Å². The molecule has 0 saturated carbocycles. The average molecular weight is 299 g/mol. The maximum absolute atomic E-state index is 5.81. The summed E-state index contributed by atoms with van der Waals surface area (Å²) < 4.78 is 5.81. The minimum absolute atomic E-state index is 0.326. The number of ether oxygens (including phenoxy) is 1. The van der Waals surface area contributed by atoms with Gasteiger partial charge in [-0.3, -0.25) is 0 Å². The van der Waals surface area contributed by atoms with Gasteiger partial charge in [-0.05, 0) is 36.9 Å². The van der Waals surface area contributed by atoms with Gasteiger partial charge in [0, 0.05) is 12.6 Å². The maximum Gasteiger partial charge on any atom is 0.0717 e. The van der Waals surface area contributed by atoms with Crippen LogP contribution in [0, 0.1) is 5.92 Å². The third-order valence-corrected chi connectivity index (χ3v) is 3.76. The highest BCUT2D eigenvalue weighted by Crippen LogP contribution is 2.15. The van der Waals surface area contributed by atoms with Crippen LogP contribution in [0.4, 0.5) is 0 Å². The van der Waals surface area contributed by atoms with Crippen LogP contribution in [0.3, 0.4) is 0 Å². The number of rotatable bonds is 11. The number of allylic oxidation sites excluding steroid dienone is 2. The molecular weight excluding hydrogens is 270 g/mol. The van der Waals surface area contributed by atoms with E-state index >= 15 is 0 Å². The van der Waals surface area contributed by atoms with Crippen molar-refractivity contribution in [2.45, 2.75) is 32.4 Å². The Bertz CT molecular complexity index is 464. The topological polar surface area (TPSA) is 21.3 Å². The Labute approximate surface area is 135 Å². The molecule has 1 N–H and O–H groups in total. The van der Waals surface area contributed by atoms with E-state index < -0.39 is 0 Å². The highest BCUT2D eigenvalue weighted by atomic mass is 16.5. The van der Waals surface area contributed by atoms with Crippen LogP contribution in [-0.4, -0.2) is 19.7 Å². The van der Waals surface area contributed by atoms with Crippen LogP contribution in [0.2, 0.25) is 0 Å². The number of benzene rings is 1. The molecule has 1 aromatic rings. The van der Waals surface area contributed by atoms with E-state index in [0.717, 1.165) is 19.4 Å². The van der Waals surface area contributed by atoms with Crippen molar-refractivity contribution in [2.75, 3.05) is 13.7 Å². The highest BCUT2D eigenvalue weighted by Gasteiger charge is 2.11. The molecule has 0 fully saturated rings. The van der Waals surface area contributed by atoms with Gasteiger partial charge in [-0.15, -0.1) is 0 Å². The van der Waals surface area contributed by atoms with Gasteiger partial charge < -0.3 is 10.1 Å².